The van der Waals surface area contributed by atoms with Gasteiger partial charge in [0, 0.05) is 29.2 Å². The first-order valence-electron chi connectivity index (χ1n) is 8.77. The molecule has 3 rings (SSSR count). The maximum Gasteiger partial charge on any atom is 0.274 e. The van der Waals surface area contributed by atoms with Crippen LogP contribution in [0.3, 0.4) is 0 Å². The van der Waals surface area contributed by atoms with Crippen molar-refractivity contribution in [3.8, 4) is 5.75 Å². The highest BCUT2D eigenvalue weighted by molar-refractivity contribution is 6.08. The molecule has 2 N–H and O–H groups in total. The van der Waals surface area contributed by atoms with Gasteiger partial charge in [0.1, 0.15) is 11.4 Å². The van der Waals surface area contributed by atoms with E-state index >= 15 is 0 Å². The number of aryl methyl sites for hydroxylation is 2. The van der Waals surface area contributed by atoms with Gasteiger partial charge >= 0.3 is 0 Å². The molecule has 2 aromatic carbocycles. The Morgan fingerprint density at radius 1 is 0.893 bits per heavy atom. The summed E-state index contributed by atoms with van der Waals surface area (Å²) in [6.45, 7) is 3.87. The number of anilines is 2. The van der Waals surface area contributed by atoms with E-state index in [9.17, 15) is 9.59 Å². The van der Waals surface area contributed by atoms with Crippen molar-refractivity contribution in [2.24, 2.45) is 0 Å². The van der Waals surface area contributed by atoms with E-state index in [1.165, 1.54) is 12.3 Å². The van der Waals surface area contributed by atoms with Crippen molar-refractivity contribution in [2.45, 2.75) is 13.8 Å². The Hall–Kier alpha value is -3.67. The van der Waals surface area contributed by atoms with Crippen LogP contribution in [0.4, 0.5) is 11.4 Å². The van der Waals surface area contributed by atoms with Crippen LogP contribution in [0.1, 0.15) is 32.0 Å². The second-order valence-corrected chi connectivity index (χ2v) is 6.34. The van der Waals surface area contributed by atoms with Crippen molar-refractivity contribution >= 4 is 23.2 Å². The molecule has 2 amide bonds. The molecule has 0 aliphatic carbocycles. The number of carbonyl (C=O) groups is 2. The number of pyridine rings is 1. The summed E-state index contributed by atoms with van der Waals surface area (Å²) in [6.07, 6.45) is 1.44. The number of amides is 2. The molecule has 0 fully saturated rings. The number of benzene rings is 2. The minimum Gasteiger partial charge on any atom is -0.497 e. The van der Waals surface area contributed by atoms with Gasteiger partial charge in [-0.1, -0.05) is 24.3 Å². The third kappa shape index (κ3) is 4.35. The molecule has 28 heavy (non-hydrogen) atoms. The van der Waals surface area contributed by atoms with Crippen LogP contribution in [0.2, 0.25) is 0 Å². The fourth-order valence-electron chi connectivity index (χ4n) is 2.79. The van der Waals surface area contributed by atoms with Crippen molar-refractivity contribution in [2.75, 3.05) is 17.7 Å². The van der Waals surface area contributed by atoms with Crippen LogP contribution in [0, 0.1) is 13.8 Å². The highest BCUT2D eigenvalue weighted by Gasteiger charge is 2.14. The number of ether oxygens (including phenoxy) is 1. The lowest BCUT2D eigenvalue weighted by Gasteiger charge is -2.12. The molecular formula is C22H21N3O3. The van der Waals surface area contributed by atoms with Crippen molar-refractivity contribution in [1.82, 2.24) is 4.98 Å². The lowest BCUT2D eigenvalue weighted by Crippen LogP contribution is -2.17. The molecule has 0 aliphatic rings. The summed E-state index contributed by atoms with van der Waals surface area (Å²) in [5.41, 5.74) is 3.80. The van der Waals surface area contributed by atoms with E-state index in [2.05, 4.69) is 15.6 Å². The maximum atomic E-state index is 12.6. The van der Waals surface area contributed by atoms with Crippen LogP contribution in [-0.4, -0.2) is 23.9 Å². The maximum absolute atomic E-state index is 12.6. The molecule has 0 saturated heterocycles. The first kappa shape index (κ1) is 19.1. The molecule has 3 aromatic rings. The van der Waals surface area contributed by atoms with Crippen molar-refractivity contribution in [1.29, 1.82) is 0 Å². The topological polar surface area (TPSA) is 80.3 Å². The summed E-state index contributed by atoms with van der Waals surface area (Å²) in [5, 5.41) is 5.66. The molecule has 1 heterocycles. The van der Waals surface area contributed by atoms with Crippen LogP contribution >= 0.6 is 0 Å². The van der Waals surface area contributed by atoms with E-state index in [4.69, 9.17) is 4.74 Å². The van der Waals surface area contributed by atoms with Crippen molar-refractivity contribution in [3.63, 3.8) is 0 Å². The predicted molar refractivity (Wildman–Crippen MR) is 109 cm³/mol. The predicted octanol–water partition coefficient (Wildman–Crippen LogP) is 4.21. The summed E-state index contributed by atoms with van der Waals surface area (Å²) in [4.78, 5) is 29.2. The number of para-hydroxylation sites is 1. The van der Waals surface area contributed by atoms with Gasteiger partial charge in [0.15, 0.2) is 0 Å². The van der Waals surface area contributed by atoms with Gasteiger partial charge in [0.25, 0.3) is 11.8 Å². The fraction of sp³-hybridized carbons (Fsp3) is 0.136. The molecule has 0 atom stereocenters. The molecular weight excluding hydrogens is 354 g/mol. The van der Waals surface area contributed by atoms with Crippen molar-refractivity contribution in [3.05, 3.63) is 83.2 Å². The summed E-state index contributed by atoms with van der Waals surface area (Å²) in [6, 6.07) is 15.9. The SMILES string of the molecule is COc1cccc(NC(=O)c2cc(C(=O)Nc3c(C)cccc3C)ccn2)c1. The Bertz CT molecular complexity index is 1010. The minimum atomic E-state index is -0.407. The van der Waals surface area contributed by atoms with Gasteiger partial charge in [-0.05, 0) is 49.2 Å². The summed E-state index contributed by atoms with van der Waals surface area (Å²) < 4.78 is 5.15. The van der Waals surface area contributed by atoms with Gasteiger partial charge in [0.05, 0.1) is 7.11 Å². The molecule has 6 heteroatoms. The zero-order valence-corrected chi connectivity index (χ0v) is 15.9. The Balaban J connectivity index is 1.77. The van der Waals surface area contributed by atoms with Gasteiger partial charge in [-0.2, -0.15) is 0 Å². The summed E-state index contributed by atoms with van der Waals surface area (Å²) in [7, 11) is 1.56. The number of methoxy groups -OCH3 is 1. The number of rotatable bonds is 5. The minimum absolute atomic E-state index is 0.150. The molecule has 0 radical (unpaired) electrons. The molecule has 142 valence electrons. The largest absolute Gasteiger partial charge is 0.497 e. The lowest BCUT2D eigenvalue weighted by molar-refractivity contribution is 0.102. The molecule has 0 bridgehead atoms. The number of nitrogens with zero attached hydrogens (tertiary/aromatic N) is 1. The zero-order chi connectivity index (χ0) is 20.1. The number of hydrogen-bond acceptors (Lipinski definition) is 4. The third-order valence-electron chi connectivity index (χ3n) is 4.30. The normalized spacial score (nSPS) is 10.2. The van der Waals surface area contributed by atoms with Gasteiger partial charge in [-0.15, -0.1) is 0 Å². The Kier molecular flexibility index (Phi) is 5.69. The number of carbonyl (C=O) groups excluding carboxylic acids is 2. The van der Waals surface area contributed by atoms with Crippen LogP contribution in [0.15, 0.2) is 60.8 Å². The van der Waals surface area contributed by atoms with Gasteiger partial charge in [-0.3, -0.25) is 14.6 Å². The first-order chi connectivity index (χ1) is 13.5. The van der Waals surface area contributed by atoms with E-state index in [0.717, 1.165) is 16.8 Å². The molecule has 0 spiro atoms. The smallest absolute Gasteiger partial charge is 0.274 e. The van der Waals surface area contributed by atoms with Crippen LogP contribution in [-0.2, 0) is 0 Å². The first-order valence-corrected chi connectivity index (χ1v) is 8.77. The fourth-order valence-corrected chi connectivity index (χ4v) is 2.79. The second kappa shape index (κ2) is 8.35. The van der Waals surface area contributed by atoms with E-state index < -0.39 is 5.91 Å². The third-order valence-corrected chi connectivity index (χ3v) is 4.30. The molecule has 0 unspecified atom stereocenters. The van der Waals surface area contributed by atoms with E-state index in [1.807, 2.05) is 32.0 Å². The average Bonchev–Trinajstić information content (AvgIpc) is 2.71. The van der Waals surface area contributed by atoms with Crippen LogP contribution < -0.4 is 15.4 Å². The standard InChI is InChI=1S/C22H21N3O3/c1-14-6-4-7-15(2)20(14)25-21(26)16-10-11-23-19(12-16)22(27)24-17-8-5-9-18(13-17)28-3/h4-13H,1-3H3,(H,24,27)(H,25,26). The van der Waals surface area contributed by atoms with Crippen LogP contribution in [0.5, 0.6) is 5.75 Å². The number of nitrogens with one attached hydrogen (secondary N) is 2. The van der Waals surface area contributed by atoms with E-state index in [0.29, 0.717) is 17.0 Å². The quantitative estimate of drug-likeness (QED) is 0.700. The second-order valence-electron chi connectivity index (χ2n) is 6.34. The van der Waals surface area contributed by atoms with E-state index in [1.54, 1.807) is 37.4 Å². The molecule has 0 saturated carbocycles. The highest BCUT2D eigenvalue weighted by atomic mass is 16.5. The lowest BCUT2D eigenvalue weighted by atomic mass is 10.1. The van der Waals surface area contributed by atoms with Gasteiger partial charge < -0.3 is 15.4 Å². The Morgan fingerprint density at radius 2 is 1.61 bits per heavy atom. The summed E-state index contributed by atoms with van der Waals surface area (Å²) in [5.74, 6) is -0.0716. The Morgan fingerprint density at radius 3 is 2.32 bits per heavy atom. The highest BCUT2D eigenvalue weighted by Crippen LogP contribution is 2.21. The monoisotopic (exact) mass is 375 g/mol. The average molecular weight is 375 g/mol. The summed E-state index contributed by atoms with van der Waals surface area (Å²) >= 11 is 0. The van der Waals surface area contributed by atoms with E-state index in [-0.39, 0.29) is 11.6 Å². The number of aromatic nitrogens is 1. The molecule has 6 nitrogen and oxygen atoms in total. The van der Waals surface area contributed by atoms with Crippen LogP contribution in [0.25, 0.3) is 0 Å². The van der Waals surface area contributed by atoms with Crippen molar-refractivity contribution < 1.29 is 14.3 Å². The molecule has 1 aromatic heterocycles. The molecule has 0 aliphatic heterocycles. The zero-order valence-electron chi connectivity index (χ0n) is 15.9. The van der Waals surface area contributed by atoms with Gasteiger partial charge in [0.2, 0.25) is 0 Å². The van der Waals surface area contributed by atoms with Gasteiger partial charge in [-0.25, -0.2) is 0 Å². The Labute approximate surface area is 163 Å². The number of hydrogen-bond donors (Lipinski definition) is 2.